The van der Waals surface area contributed by atoms with Gasteiger partial charge < -0.3 is 10.1 Å². The molecule has 0 radical (unpaired) electrons. The number of fused-ring (bicyclic) bond motifs is 1. The number of amides is 1. The number of pyridine rings is 1. The van der Waals surface area contributed by atoms with Crippen LogP contribution in [0.2, 0.25) is 0 Å². The van der Waals surface area contributed by atoms with Crippen molar-refractivity contribution in [3.63, 3.8) is 0 Å². The van der Waals surface area contributed by atoms with Crippen LogP contribution >= 0.6 is 23.1 Å². The molecule has 1 amide bonds. The van der Waals surface area contributed by atoms with Gasteiger partial charge in [0, 0.05) is 28.7 Å². The second-order valence-electron chi connectivity index (χ2n) is 7.66. The van der Waals surface area contributed by atoms with Gasteiger partial charge in [0.2, 0.25) is 0 Å². The highest BCUT2D eigenvalue weighted by Crippen LogP contribution is 2.41. The van der Waals surface area contributed by atoms with Crippen molar-refractivity contribution in [2.24, 2.45) is 0 Å². The fraction of sp³-hybridized carbons (Fsp3) is 0.333. The van der Waals surface area contributed by atoms with Crippen molar-refractivity contribution in [3.05, 3.63) is 70.4 Å². The van der Waals surface area contributed by atoms with Crippen LogP contribution in [0.4, 0.5) is 5.69 Å². The third-order valence-electron chi connectivity index (χ3n) is 4.97. The molecule has 0 saturated heterocycles. The van der Waals surface area contributed by atoms with Crippen LogP contribution in [0.1, 0.15) is 53.1 Å². The Morgan fingerprint density at radius 1 is 1.13 bits per heavy atom. The number of aromatic nitrogens is 1. The molecule has 2 heterocycles. The summed E-state index contributed by atoms with van der Waals surface area (Å²) in [5, 5.41) is 3.10. The molecule has 2 aromatic heterocycles. The molecule has 1 aliphatic rings. The van der Waals surface area contributed by atoms with Gasteiger partial charge in [0.15, 0.2) is 0 Å². The van der Waals surface area contributed by atoms with E-state index in [9.17, 15) is 4.79 Å². The molecule has 30 heavy (non-hydrogen) atoms. The number of rotatable bonds is 7. The van der Waals surface area contributed by atoms with Gasteiger partial charge in [0.05, 0.1) is 15.9 Å². The average molecular weight is 439 g/mol. The fourth-order valence-electron chi connectivity index (χ4n) is 3.58. The largest absolute Gasteiger partial charge is 0.491 e. The molecular formula is C24H26N2O2S2. The van der Waals surface area contributed by atoms with E-state index in [4.69, 9.17) is 4.74 Å². The van der Waals surface area contributed by atoms with E-state index in [1.807, 2.05) is 62.6 Å². The van der Waals surface area contributed by atoms with E-state index in [0.717, 1.165) is 46.2 Å². The maximum absolute atomic E-state index is 13.3. The standard InChI is InChI=1S/C24H26N2O2S2/c1-16(2)28-19-9-7-18(8-10-19)26-23(27)22-20-5-3-4-6-21(20)30-24(22)29-15-17-11-13-25-14-12-17/h7-14,16H,3-6,15H2,1-2H3,(H,26,27). The minimum absolute atomic E-state index is 0.0100. The Morgan fingerprint density at radius 2 is 1.87 bits per heavy atom. The number of thioether (sulfide) groups is 1. The molecule has 0 fully saturated rings. The summed E-state index contributed by atoms with van der Waals surface area (Å²) >= 11 is 3.55. The highest BCUT2D eigenvalue weighted by atomic mass is 32.2. The van der Waals surface area contributed by atoms with E-state index in [2.05, 4.69) is 10.3 Å². The van der Waals surface area contributed by atoms with Crippen LogP contribution in [-0.2, 0) is 18.6 Å². The van der Waals surface area contributed by atoms with Crippen molar-refractivity contribution in [2.75, 3.05) is 5.32 Å². The lowest BCUT2D eigenvalue weighted by atomic mass is 9.95. The summed E-state index contributed by atoms with van der Waals surface area (Å²) in [6.07, 6.45) is 8.19. The molecule has 4 rings (SSSR count). The number of carbonyl (C=O) groups excluding carboxylic acids is 1. The molecule has 6 heteroatoms. The third kappa shape index (κ3) is 5.05. The lowest BCUT2D eigenvalue weighted by Gasteiger charge is -2.14. The van der Waals surface area contributed by atoms with Crippen LogP contribution in [0.3, 0.4) is 0 Å². The molecule has 1 aliphatic carbocycles. The lowest BCUT2D eigenvalue weighted by Crippen LogP contribution is -2.15. The second kappa shape index (κ2) is 9.67. The van der Waals surface area contributed by atoms with Crippen LogP contribution in [-0.4, -0.2) is 17.0 Å². The van der Waals surface area contributed by atoms with Gasteiger partial charge in [0.1, 0.15) is 5.75 Å². The fourth-order valence-corrected chi connectivity index (χ4v) is 6.26. The van der Waals surface area contributed by atoms with Gasteiger partial charge in [-0.1, -0.05) is 0 Å². The number of nitrogens with one attached hydrogen (secondary N) is 1. The topological polar surface area (TPSA) is 51.2 Å². The van der Waals surface area contributed by atoms with Crippen molar-refractivity contribution in [1.29, 1.82) is 0 Å². The number of aryl methyl sites for hydroxylation is 1. The van der Waals surface area contributed by atoms with Crippen LogP contribution in [0.5, 0.6) is 5.75 Å². The Morgan fingerprint density at radius 3 is 2.60 bits per heavy atom. The molecule has 156 valence electrons. The van der Waals surface area contributed by atoms with Crippen LogP contribution in [0, 0.1) is 0 Å². The van der Waals surface area contributed by atoms with Crippen LogP contribution < -0.4 is 10.1 Å². The molecule has 0 atom stereocenters. The van der Waals surface area contributed by atoms with Crippen molar-refractivity contribution >= 4 is 34.7 Å². The number of benzene rings is 1. The highest BCUT2D eigenvalue weighted by molar-refractivity contribution is 8.00. The first-order valence-corrected chi connectivity index (χ1v) is 12.1. The molecular weight excluding hydrogens is 412 g/mol. The van der Waals surface area contributed by atoms with E-state index < -0.39 is 0 Å². The summed E-state index contributed by atoms with van der Waals surface area (Å²) in [7, 11) is 0. The molecule has 0 bridgehead atoms. The first-order chi connectivity index (χ1) is 14.6. The van der Waals surface area contributed by atoms with Crippen LogP contribution in [0.25, 0.3) is 0 Å². The highest BCUT2D eigenvalue weighted by Gasteiger charge is 2.25. The van der Waals surface area contributed by atoms with E-state index in [-0.39, 0.29) is 12.0 Å². The van der Waals surface area contributed by atoms with Gasteiger partial charge in [-0.3, -0.25) is 9.78 Å². The van der Waals surface area contributed by atoms with Gasteiger partial charge in [-0.25, -0.2) is 0 Å². The number of hydrogen-bond acceptors (Lipinski definition) is 5. The first-order valence-electron chi connectivity index (χ1n) is 10.3. The number of ether oxygens (including phenoxy) is 1. The number of carbonyl (C=O) groups is 1. The number of thiophene rings is 1. The SMILES string of the molecule is CC(C)Oc1ccc(NC(=O)c2c(SCc3ccncc3)sc3c2CCCC3)cc1. The Hall–Kier alpha value is -2.31. The second-order valence-corrected chi connectivity index (χ2v) is 10.0. The Bertz CT molecular complexity index is 998. The Kier molecular flexibility index (Phi) is 6.75. The number of nitrogens with zero attached hydrogens (tertiary/aromatic N) is 1. The average Bonchev–Trinajstić information content (AvgIpc) is 3.12. The van der Waals surface area contributed by atoms with Gasteiger partial charge in [-0.2, -0.15) is 0 Å². The zero-order chi connectivity index (χ0) is 20.9. The van der Waals surface area contributed by atoms with Gasteiger partial charge in [0.25, 0.3) is 5.91 Å². The van der Waals surface area contributed by atoms with Gasteiger partial charge >= 0.3 is 0 Å². The Labute approximate surface area is 186 Å². The van der Waals surface area contributed by atoms with E-state index >= 15 is 0 Å². The van der Waals surface area contributed by atoms with Crippen molar-refractivity contribution in [3.8, 4) is 5.75 Å². The summed E-state index contributed by atoms with van der Waals surface area (Å²) < 4.78 is 6.82. The van der Waals surface area contributed by atoms with Crippen molar-refractivity contribution in [2.45, 2.75) is 55.6 Å². The van der Waals surface area contributed by atoms with Crippen molar-refractivity contribution in [1.82, 2.24) is 4.98 Å². The molecule has 4 nitrogen and oxygen atoms in total. The van der Waals surface area contributed by atoms with Crippen LogP contribution in [0.15, 0.2) is 53.0 Å². The monoisotopic (exact) mass is 438 g/mol. The number of hydrogen-bond donors (Lipinski definition) is 1. The van der Waals surface area contributed by atoms with Gasteiger partial charge in [-0.15, -0.1) is 23.1 Å². The minimum atomic E-state index is -0.0100. The Balaban J connectivity index is 1.54. The van der Waals surface area contributed by atoms with Gasteiger partial charge in [-0.05, 0) is 87.1 Å². The summed E-state index contributed by atoms with van der Waals surface area (Å²) in [5.41, 5.74) is 4.13. The maximum atomic E-state index is 13.3. The molecule has 0 saturated carbocycles. The molecule has 1 N–H and O–H groups in total. The maximum Gasteiger partial charge on any atom is 0.257 e. The third-order valence-corrected chi connectivity index (χ3v) is 7.60. The zero-order valence-corrected chi connectivity index (χ0v) is 18.9. The summed E-state index contributed by atoms with van der Waals surface area (Å²) in [6.45, 7) is 4.00. The predicted molar refractivity (Wildman–Crippen MR) is 125 cm³/mol. The molecule has 1 aromatic carbocycles. The number of anilines is 1. The zero-order valence-electron chi connectivity index (χ0n) is 17.3. The molecule has 3 aromatic rings. The lowest BCUT2D eigenvalue weighted by molar-refractivity contribution is 0.102. The molecule has 0 aliphatic heterocycles. The minimum Gasteiger partial charge on any atom is -0.491 e. The first kappa shape index (κ1) is 20.9. The molecule has 0 spiro atoms. The molecule has 0 unspecified atom stereocenters. The van der Waals surface area contributed by atoms with E-state index in [1.54, 1.807) is 23.1 Å². The van der Waals surface area contributed by atoms with E-state index in [1.165, 1.54) is 22.4 Å². The summed E-state index contributed by atoms with van der Waals surface area (Å²) in [5.74, 6) is 1.64. The smallest absolute Gasteiger partial charge is 0.257 e. The predicted octanol–water partition coefficient (Wildman–Crippen LogP) is 6.35. The summed E-state index contributed by atoms with van der Waals surface area (Å²) in [6, 6.07) is 11.7. The normalized spacial score (nSPS) is 13.2. The summed E-state index contributed by atoms with van der Waals surface area (Å²) in [4.78, 5) is 18.8. The quantitative estimate of drug-likeness (QED) is 0.437. The van der Waals surface area contributed by atoms with E-state index in [0.29, 0.717) is 0 Å². The van der Waals surface area contributed by atoms with Crippen molar-refractivity contribution < 1.29 is 9.53 Å².